The Morgan fingerprint density at radius 1 is 1.43 bits per heavy atom. The summed E-state index contributed by atoms with van der Waals surface area (Å²) >= 11 is 11.7. The van der Waals surface area contributed by atoms with Crippen molar-refractivity contribution < 1.29 is 4.79 Å². The summed E-state index contributed by atoms with van der Waals surface area (Å²) in [5, 5.41) is 0.699. The van der Waals surface area contributed by atoms with Gasteiger partial charge in [-0.25, -0.2) is 0 Å². The Kier molecular flexibility index (Phi) is 3.19. The maximum absolute atomic E-state index is 11.1. The van der Waals surface area contributed by atoms with E-state index in [1.54, 1.807) is 13.0 Å². The van der Waals surface area contributed by atoms with Crippen LogP contribution in [0.5, 0.6) is 0 Å². The Balaban J connectivity index is 3.53. The molecule has 0 aliphatic carbocycles. The van der Waals surface area contributed by atoms with Crippen molar-refractivity contribution in [1.29, 1.82) is 0 Å². The molecule has 0 fully saturated rings. The van der Waals surface area contributed by atoms with Crippen molar-refractivity contribution in [3.05, 3.63) is 39.9 Å². The molecule has 0 aliphatic rings. The van der Waals surface area contributed by atoms with Gasteiger partial charge in [0.05, 0.1) is 10.0 Å². The van der Waals surface area contributed by atoms with Crippen molar-refractivity contribution in [3.63, 3.8) is 0 Å². The predicted octanol–water partition coefficient (Wildman–Crippen LogP) is 3.13. The fraction of sp³-hybridized carbons (Fsp3) is 0.100. The first kappa shape index (κ1) is 11.1. The summed E-state index contributed by atoms with van der Waals surface area (Å²) in [5.74, 6) is -0.540. The van der Waals surface area contributed by atoms with Crippen LogP contribution >= 0.6 is 23.2 Å². The van der Waals surface area contributed by atoms with Crippen LogP contribution in [-0.2, 0) is 0 Å². The van der Waals surface area contributed by atoms with Crippen LogP contribution in [0.25, 0.3) is 5.57 Å². The van der Waals surface area contributed by atoms with Gasteiger partial charge in [-0.2, -0.15) is 0 Å². The van der Waals surface area contributed by atoms with E-state index >= 15 is 0 Å². The van der Waals surface area contributed by atoms with E-state index in [2.05, 4.69) is 6.58 Å². The molecule has 2 nitrogen and oxygen atoms in total. The zero-order valence-electron chi connectivity index (χ0n) is 7.60. The quantitative estimate of drug-likeness (QED) is 0.833. The molecule has 0 heterocycles. The van der Waals surface area contributed by atoms with Crippen LogP contribution in [-0.4, -0.2) is 5.91 Å². The zero-order valence-corrected chi connectivity index (χ0v) is 9.12. The number of primary amides is 1. The molecule has 74 valence electrons. The van der Waals surface area contributed by atoms with Crippen molar-refractivity contribution in [2.45, 2.75) is 6.92 Å². The summed E-state index contributed by atoms with van der Waals surface area (Å²) in [6, 6.07) is 3.08. The Hall–Kier alpha value is -0.990. The molecule has 14 heavy (non-hydrogen) atoms. The highest BCUT2D eigenvalue weighted by Gasteiger charge is 2.14. The first-order valence-electron chi connectivity index (χ1n) is 3.89. The minimum Gasteiger partial charge on any atom is -0.366 e. The third-order valence-corrected chi connectivity index (χ3v) is 2.59. The smallest absolute Gasteiger partial charge is 0.249 e. The highest BCUT2D eigenvalue weighted by Crippen LogP contribution is 2.32. The maximum Gasteiger partial charge on any atom is 0.249 e. The Morgan fingerprint density at radius 3 is 2.43 bits per heavy atom. The molecule has 0 aromatic heterocycles. The van der Waals surface area contributed by atoms with Gasteiger partial charge in [0.1, 0.15) is 0 Å². The second kappa shape index (κ2) is 4.03. The second-order valence-electron chi connectivity index (χ2n) is 2.93. The standard InChI is InChI=1S/C10H9Cl2NO/c1-5(2)8-6(10(13)14)3-4-7(11)9(8)12/h3-4H,1H2,2H3,(H2,13,14). The van der Waals surface area contributed by atoms with Crippen LogP contribution in [0.1, 0.15) is 22.8 Å². The van der Waals surface area contributed by atoms with E-state index < -0.39 is 5.91 Å². The zero-order chi connectivity index (χ0) is 10.9. The molecule has 0 saturated heterocycles. The van der Waals surface area contributed by atoms with E-state index in [-0.39, 0.29) is 0 Å². The van der Waals surface area contributed by atoms with Crippen LogP contribution in [0.2, 0.25) is 10.0 Å². The van der Waals surface area contributed by atoms with Crippen molar-refractivity contribution in [3.8, 4) is 0 Å². The summed E-state index contributed by atoms with van der Waals surface area (Å²) in [6.45, 7) is 5.46. The molecule has 1 aromatic carbocycles. The number of rotatable bonds is 2. The largest absolute Gasteiger partial charge is 0.366 e. The van der Waals surface area contributed by atoms with Crippen molar-refractivity contribution in [2.24, 2.45) is 5.73 Å². The lowest BCUT2D eigenvalue weighted by Crippen LogP contribution is -2.13. The van der Waals surface area contributed by atoms with Crippen molar-refractivity contribution >= 4 is 34.7 Å². The normalized spacial score (nSPS) is 9.93. The average Bonchev–Trinajstić information content (AvgIpc) is 2.08. The highest BCUT2D eigenvalue weighted by atomic mass is 35.5. The third-order valence-electron chi connectivity index (χ3n) is 1.79. The van der Waals surface area contributed by atoms with Crippen LogP contribution in [0.4, 0.5) is 0 Å². The van der Waals surface area contributed by atoms with E-state index in [9.17, 15) is 4.79 Å². The predicted molar refractivity (Wildman–Crippen MR) is 59.7 cm³/mol. The van der Waals surface area contributed by atoms with E-state index in [0.717, 1.165) is 0 Å². The summed E-state index contributed by atoms with van der Waals surface area (Å²) < 4.78 is 0. The number of hydrogen-bond acceptors (Lipinski definition) is 1. The molecule has 0 saturated carbocycles. The number of halogens is 2. The maximum atomic E-state index is 11.1. The van der Waals surface area contributed by atoms with Crippen LogP contribution < -0.4 is 5.73 Å². The second-order valence-corrected chi connectivity index (χ2v) is 3.71. The van der Waals surface area contributed by atoms with Gasteiger partial charge in [0.15, 0.2) is 0 Å². The van der Waals surface area contributed by atoms with Gasteiger partial charge in [0.25, 0.3) is 0 Å². The topological polar surface area (TPSA) is 43.1 Å². The van der Waals surface area contributed by atoms with Gasteiger partial charge < -0.3 is 5.73 Å². The lowest BCUT2D eigenvalue weighted by atomic mass is 10.0. The van der Waals surface area contributed by atoms with Gasteiger partial charge in [-0.15, -0.1) is 0 Å². The fourth-order valence-electron chi connectivity index (χ4n) is 1.17. The van der Waals surface area contributed by atoms with Crippen LogP contribution in [0.3, 0.4) is 0 Å². The number of benzene rings is 1. The molecule has 2 N–H and O–H groups in total. The molecular formula is C10H9Cl2NO. The summed E-state index contributed by atoms with van der Waals surface area (Å²) in [6.07, 6.45) is 0. The number of hydrogen-bond donors (Lipinski definition) is 1. The number of carbonyl (C=O) groups is 1. The number of allylic oxidation sites excluding steroid dienone is 1. The lowest BCUT2D eigenvalue weighted by Gasteiger charge is -2.09. The van der Waals surface area contributed by atoms with Gasteiger partial charge in [-0.05, 0) is 24.6 Å². The van der Waals surface area contributed by atoms with E-state index in [1.807, 2.05) is 0 Å². The van der Waals surface area contributed by atoms with E-state index in [4.69, 9.17) is 28.9 Å². The van der Waals surface area contributed by atoms with Crippen molar-refractivity contribution in [1.82, 2.24) is 0 Å². The van der Waals surface area contributed by atoms with Crippen molar-refractivity contribution in [2.75, 3.05) is 0 Å². The molecule has 1 amide bonds. The van der Waals surface area contributed by atoms with Gasteiger partial charge in [-0.1, -0.05) is 29.8 Å². The van der Waals surface area contributed by atoms with Gasteiger partial charge in [0.2, 0.25) is 5.91 Å². The molecule has 0 unspecified atom stereocenters. The van der Waals surface area contributed by atoms with Crippen LogP contribution in [0, 0.1) is 0 Å². The first-order chi connectivity index (χ1) is 6.45. The Morgan fingerprint density at radius 2 is 2.00 bits per heavy atom. The molecule has 1 aromatic rings. The Labute approximate surface area is 92.3 Å². The average molecular weight is 230 g/mol. The summed E-state index contributed by atoms with van der Waals surface area (Å²) in [4.78, 5) is 11.1. The highest BCUT2D eigenvalue weighted by molar-refractivity contribution is 6.43. The number of carbonyl (C=O) groups excluding carboxylic acids is 1. The molecule has 0 atom stereocenters. The summed E-state index contributed by atoms with van der Waals surface area (Å²) in [7, 11) is 0. The first-order valence-corrected chi connectivity index (χ1v) is 4.64. The molecule has 0 spiro atoms. The van der Waals surface area contributed by atoms with E-state index in [0.29, 0.717) is 26.7 Å². The molecule has 4 heteroatoms. The molecule has 0 aliphatic heterocycles. The summed E-state index contributed by atoms with van der Waals surface area (Å²) in [5.41, 5.74) is 6.71. The fourth-order valence-corrected chi connectivity index (χ4v) is 1.66. The molecule has 0 bridgehead atoms. The molecule has 1 rings (SSSR count). The van der Waals surface area contributed by atoms with Gasteiger partial charge >= 0.3 is 0 Å². The monoisotopic (exact) mass is 229 g/mol. The van der Waals surface area contributed by atoms with Gasteiger partial charge in [-0.3, -0.25) is 4.79 Å². The Bertz CT molecular complexity index is 413. The minimum atomic E-state index is -0.540. The number of nitrogens with two attached hydrogens (primary N) is 1. The molecular weight excluding hydrogens is 221 g/mol. The number of amides is 1. The molecule has 0 radical (unpaired) electrons. The minimum absolute atomic E-state index is 0.315. The van der Waals surface area contributed by atoms with Crippen LogP contribution in [0.15, 0.2) is 18.7 Å². The SMILES string of the molecule is C=C(C)c1c(C(N)=O)ccc(Cl)c1Cl. The van der Waals surface area contributed by atoms with Gasteiger partial charge in [0, 0.05) is 11.1 Å². The third kappa shape index (κ3) is 1.91. The lowest BCUT2D eigenvalue weighted by molar-refractivity contribution is 0.1000. The van der Waals surface area contributed by atoms with E-state index in [1.165, 1.54) is 6.07 Å².